The van der Waals surface area contributed by atoms with Gasteiger partial charge in [0.05, 0.1) is 4.92 Å². The number of benzene rings is 1. The SMILES string of the molecule is O=[N+]([O-])c1ccccc1NS(=O)(=O)c1cccs1. The van der Waals surface area contributed by atoms with Crippen molar-refractivity contribution in [2.24, 2.45) is 0 Å². The molecule has 0 unspecified atom stereocenters. The van der Waals surface area contributed by atoms with Crippen molar-refractivity contribution in [1.29, 1.82) is 0 Å². The van der Waals surface area contributed by atoms with E-state index in [1.165, 1.54) is 30.3 Å². The first-order valence-corrected chi connectivity index (χ1v) is 7.17. The summed E-state index contributed by atoms with van der Waals surface area (Å²) in [5.74, 6) is 0. The van der Waals surface area contributed by atoms with Crippen LogP contribution in [0.1, 0.15) is 0 Å². The minimum Gasteiger partial charge on any atom is -0.272 e. The molecule has 94 valence electrons. The highest BCUT2D eigenvalue weighted by Crippen LogP contribution is 2.27. The molecule has 0 spiro atoms. The van der Waals surface area contributed by atoms with Gasteiger partial charge in [0.2, 0.25) is 0 Å². The number of para-hydroxylation sites is 2. The van der Waals surface area contributed by atoms with E-state index in [4.69, 9.17) is 0 Å². The summed E-state index contributed by atoms with van der Waals surface area (Å²) >= 11 is 1.04. The molecule has 1 N–H and O–H groups in total. The Bertz CT molecular complexity index is 665. The molecule has 0 amide bonds. The van der Waals surface area contributed by atoms with E-state index in [1.54, 1.807) is 11.4 Å². The number of sulfonamides is 1. The summed E-state index contributed by atoms with van der Waals surface area (Å²) in [6, 6.07) is 8.62. The average Bonchev–Trinajstić information content (AvgIpc) is 2.83. The van der Waals surface area contributed by atoms with Crippen LogP contribution in [0.4, 0.5) is 11.4 Å². The third-order valence-electron chi connectivity index (χ3n) is 2.10. The van der Waals surface area contributed by atoms with E-state index in [9.17, 15) is 18.5 Å². The maximum Gasteiger partial charge on any atom is 0.293 e. The van der Waals surface area contributed by atoms with E-state index in [-0.39, 0.29) is 15.6 Å². The van der Waals surface area contributed by atoms with E-state index in [1.807, 2.05) is 0 Å². The standard InChI is InChI=1S/C10H8N2O4S2/c13-12(14)9-5-2-1-4-8(9)11-18(15,16)10-6-3-7-17-10/h1-7,11H. The largest absolute Gasteiger partial charge is 0.293 e. The Hall–Kier alpha value is -1.93. The molecule has 1 heterocycles. The molecule has 0 saturated heterocycles. The van der Waals surface area contributed by atoms with Crippen molar-refractivity contribution in [2.75, 3.05) is 4.72 Å². The summed E-state index contributed by atoms with van der Waals surface area (Å²) in [5.41, 5.74) is -0.325. The Morgan fingerprint density at radius 1 is 1.17 bits per heavy atom. The molecule has 18 heavy (non-hydrogen) atoms. The maximum atomic E-state index is 11.9. The number of nitrogens with zero attached hydrogens (tertiary/aromatic N) is 1. The van der Waals surface area contributed by atoms with Gasteiger partial charge < -0.3 is 0 Å². The van der Waals surface area contributed by atoms with Crippen molar-refractivity contribution in [3.05, 3.63) is 51.9 Å². The van der Waals surface area contributed by atoms with E-state index in [0.717, 1.165) is 11.3 Å². The zero-order valence-corrected chi connectivity index (χ0v) is 10.6. The topological polar surface area (TPSA) is 89.3 Å². The van der Waals surface area contributed by atoms with E-state index in [2.05, 4.69) is 4.72 Å². The second-order valence-corrected chi connectivity index (χ2v) is 6.17. The summed E-state index contributed by atoms with van der Waals surface area (Å²) in [5, 5.41) is 12.4. The summed E-state index contributed by atoms with van der Waals surface area (Å²) in [7, 11) is -3.76. The highest BCUT2D eigenvalue weighted by atomic mass is 32.2. The Balaban J connectivity index is 2.39. The van der Waals surface area contributed by atoms with E-state index < -0.39 is 14.9 Å². The molecule has 0 aliphatic heterocycles. The number of nitrogens with one attached hydrogen (secondary N) is 1. The summed E-state index contributed by atoms with van der Waals surface area (Å²) < 4.78 is 26.2. The Kier molecular flexibility index (Phi) is 3.30. The molecule has 0 atom stereocenters. The molecule has 0 aliphatic carbocycles. The third-order valence-corrected chi connectivity index (χ3v) is 4.87. The summed E-state index contributed by atoms with van der Waals surface area (Å²) in [6.45, 7) is 0. The molecule has 2 rings (SSSR count). The van der Waals surface area contributed by atoms with Crippen LogP contribution in [-0.4, -0.2) is 13.3 Å². The number of hydrogen-bond donors (Lipinski definition) is 1. The van der Waals surface area contributed by atoms with Crippen molar-refractivity contribution in [3.8, 4) is 0 Å². The van der Waals surface area contributed by atoms with Crippen LogP contribution in [0.5, 0.6) is 0 Å². The van der Waals surface area contributed by atoms with Crippen molar-refractivity contribution in [1.82, 2.24) is 0 Å². The zero-order chi connectivity index (χ0) is 13.2. The van der Waals surface area contributed by atoms with Crippen LogP contribution in [-0.2, 0) is 10.0 Å². The molecular weight excluding hydrogens is 276 g/mol. The zero-order valence-electron chi connectivity index (χ0n) is 8.94. The monoisotopic (exact) mass is 284 g/mol. The fourth-order valence-electron chi connectivity index (χ4n) is 1.33. The second-order valence-electron chi connectivity index (χ2n) is 3.31. The molecule has 0 aliphatic rings. The predicted molar refractivity (Wildman–Crippen MR) is 68.2 cm³/mol. The number of nitro benzene ring substituents is 1. The lowest BCUT2D eigenvalue weighted by Gasteiger charge is -2.06. The normalized spacial score (nSPS) is 11.1. The van der Waals surface area contributed by atoms with Crippen LogP contribution in [0.2, 0.25) is 0 Å². The lowest BCUT2D eigenvalue weighted by molar-refractivity contribution is -0.383. The molecule has 0 bridgehead atoms. The summed E-state index contributed by atoms with van der Waals surface area (Å²) in [4.78, 5) is 10.1. The molecule has 0 radical (unpaired) electrons. The van der Waals surface area contributed by atoms with Gasteiger partial charge in [-0.15, -0.1) is 11.3 Å². The molecule has 0 fully saturated rings. The van der Waals surface area contributed by atoms with Crippen molar-refractivity contribution >= 4 is 32.7 Å². The number of hydrogen-bond acceptors (Lipinski definition) is 5. The average molecular weight is 284 g/mol. The van der Waals surface area contributed by atoms with E-state index >= 15 is 0 Å². The third kappa shape index (κ3) is 2.49. The number of nitro groups is 1. The van der Waals surface area contributed by atoms with Gasteiger partial charge in [0.1, 0.15) is 9.90 Å². The molecular formula is C10H8N2O4S2. The Labute approximate surface area is 107 Å². The predicted octanol–water partition coefficient (Wildman–Crippen LogP) is 2.46. The van der Waals surface area contributed by atoms with Gasteiger partial charge in [-0.25, -0.2) is 8.42 Å². The highest BCUT2D eigenvalue weighted by molar-refractivity contribution is 7.94. The molecule has 1 aromatic heterocycles. The van der Waals surface area contributed by atoms with Gasteiger partial charge in [-0.3, -0.25) is 14.8 Å². The van der Waals surface area contributed by atoms with Crippen LogP contribution in [0.25, 0.3) is 0 Å². The fraction of sp³-hybridized carbons (Fsp3) is 0. The van der Waals surface area contributed by atoms with Crippen molar-refractivity contribution in [2.45, 2.75) is 4.21 Å². The van der Waals surface area contributed by atoms with Gasteiger partial charge in [0.15, 0.2) is 0 Å². The van der Waals surface area contributed by atoms with Crippen LogP contribution >= 0.6 is 11.3 Å². The summed E-state index contributed by atoms with van der Waals surface area (Å²) in [6.07, 6.45) is 0. The second kappa shape index (κ2) is 4.75. The first-order chi connectivity index (χ1) is 8.50. The number of anilines is 1. The Morgan fingerprint density at radius 2 is 1.89 bits per heavy atom. The Morgan fingerprint density at radius 3 is 2.50 bits per heavy atom. The van der Waals surface area contributed by atoms with Crippen LogP contribution < -0.4 is 4.72 Å². The fourth-order valence-corrected chi connectivity index (χ4v) is 3.40. The van der Waals surface area contributed by atoms with Crippen LogP contribution in [0.3, 0.4) is 0 Å². The number of rotatable bonds is 4. The molecule has 0 saturated carbocycles. The smallest absolute Gasteiger partial charge is 0.272 e. The van der Waals surface area contributed by atoms with Crippen LogP contribution in [0.15, 0.2) is 46.0 Å². The molecule has 1 aromatic carbocycles. The lowest BCUT2D eigenvalue weighted by atomic mass is 10.3. The molecule has 6 nitrogen and oxygen atoms in total. The van der Waals surface area contributed by atoms with Gasteiger partial charge in [0, 0.05) is 6.07 Å². The van der Waals surface area contributed by atoms with Gasteiger partial charge in [-0.2, -0.15) is 0 Å². The van der Waals surface area contributed by atoms with E-state index in [0.29, 0.717) is 0 Å². The van der Waals surface area contributed by atoms with Gasteiger partial charge >= 0.3 is 0 Å². The lowest BCUT2D eigenvalue weighted by Crippen LogP contribution is -2.12. The van der Waals surface area contributed by atoms with Gasteiger partial charge in [-0.1, -0.05) is 18.2 Å². The van der Waals surface area contributed by atoms with Crippen molar-refractivity contribution < 1.29 is 13.3 Å². The minimum atomic E-state index is -3.76. The van der Waals surface area contributed by atoms with Crippen molar-refractivity contribution in [3.63, 3.8) is 0 Å². The van der Waals surface area contributed by atoms with Gasteiger partial charge in [0.25, 0.3) is 15.7 Å². The molecule has 8 heteroatoms. The number of thiophene rings is 1. The molecule has 2 aromatic rings. The first-order valence-electron chi connectivity index (χ1n) is 4.80. The maximum absolute atomic E-state index is 11.9. The minimum absolute atomic E-state index is 0.0455. The quantitative estimate of drug-likeness (QED) is 0.689. The highest BCUT2D eigenvalue weighted by Gasteiger charge is 2.20. The first kappa shape index (κ1) is 12.5. The van der Waals surface area contributed by atoms with Crippen LogP contribution in [0, 0.1) is 10.1 Å². The van der Waals surface area contributed by atoms with Gasteiger partial charge in [-0.05, 0) is 17.5 Å².